The van der Waals surface area contributed by atoms with Crippen LogP contribution in [0.2, 0.25) is 0 Å². The number of aromatic nitrogens is 3. The van der Waals surface area contributed by atoms with E-state index in [1.807, 2.05) is 6.92 Å². The van der Waals surface area contributed by atoms with Gasteiger partial charge in [-0.15, -0.1) is 10.2 Å². The standard InChI is InChI=1S/C15H30N6O/c1-5-14-20-18-12-21(14)10-9-17-15(19-13(3)4)16-8-7-11-22-6-2/h12-13H,5-11H2,1-4H3,(H2,16,17,19). The van der Waals surface area contributed by atoms with Crippen molar-refractivity contribution in [3.05, 3.63) is 12.2 Å². The second kappa shape index (κ2) is 11.0. The van der Waals surface area contributed by atoms with Gasteiger partial charge in [0.1, 0.15) is 12.2 Å². The van der Waals surface area contributed by atoms with Gasteiger partial charge in [-0.1, -0.05) is 6.92 Å². The highest BCUT2D eigenvalue weighted by atomic mass is 16.5. The number of nitrogens with one attached hydrogen (secondary N) is 2. The van der Waals surface area contributed by atoms with Crippen molar-refractivity contribution in [1.29, 1.82) is 0 Å². The Balaban J connectivity index is 2.38. The third-order valence-corrected chi connectivity index (χ3v) is 3.00. The molecule has 0 saturated carbocycles. The zero-order valence-electron chi connectivity index (χ0n) is 14.3. The van der Waals surface area contributed by atoms with Gasteiger partial charge in [-0.2, -0.15) is 0 Å². The Hall–Kier alpha value is -1.63. The molecular weight excluding hydrogens is 280 g/mol. The van der Waals surface area contributed by atoms with Gasteiger partial charge < -0.3 is 19.9 Å². The Kier molecular flexibility index (Phi) is 9.21. The molecular formula is C15H30N6O. The van der Waals surface area contributed by atoms with E-state index in [2.05, 4.69) is 51.2 Å². The highest BCUT2D eigenvalue weighted by Crippen LogP contribution is 1.94. The quantitative estimate of drug-likeness (QED) is 0.386. The number of aliphatic imine (C=N–C) groups is 1. The maximum Gasteiger partial charge on any atom is 0.191 e. The fourth-order valence-corrected chi connectivity index (χ4v) is 1.96. The summed E-state index contributed by atoms with van der Waals surface area (Å²) >= 11 is 0. The Morgan fingerprint density at radius 1 is 1.41 bits per heavy atom. The fourth-order valence-electron chi connectivity index (χ4n) is 1.96. The summed E-state index contributed by atoms with van der Waals surface area (Å²) in [4.78, 5) is 4.57. The highest BCUT2D eigenvalue weighted by molar-refractivity contribution is 5.79. The third-order valence-electron chi connectivity index (χ3n) is 3.00. The van der Waals surface area contributed by atoms with E-state index in [0.717, 1.165) is 57.5 Å². The first-order valence-corrected chi connectivity index (χ1v) is 8.16. The van der Waals surface area contributed by atoms with E-state index in [1.54, 1.807) is 6.33 Å². The molecule has 1 heterocycles. The molecule has 0 aliphatic heterocycles. The topological polar surface area (TPSA) is 76.4 Å². The molecule has 0 atom stereocenters. The minimum atomic E-state index is 0.347. The lowest BCUT2D eigenvalue weighted by Gasteiger charge is -2.15. The molecule has 0 aliphatic rings. The van der Waals surface area contributed by atoms with Crippen molar-refractivity contribution >= 4 is 5.96 Å². The predicted octanol–water partition coefficient (Wildman–Crippen LogP) is 1.21. The summed E-state index contributed by atoms with van der Waals surface area (Å²) in [5.41, 5.74) is 0. The van der Waals surface area contributed by atoms with E-state index in [9.17, 15) is 0 Å². The monoisotopic (exact) mass is 310 g/mol. The number of rotatable bonds is 10. The Labute approximate surface area is 133 Å². The summed E-state index contributed by atoms with van der Waals surface area (Å²) in [7, 11) is 0. The van der Waals surface area contributed by atoms with Crippen LogP contribution in [0.1, 0.15) is 39.9 Å². The molecule has 22 heavy (non-hydrogen) atoms. The molecule has 0 aliphatic carbocycles. The van der Waals surface area contributed by atoms with Crippen LogP contribution in [-0.4, -0.2) is 53.1 Å². The van der Waals surface area contributed by atoms with Gasteiger partial charge in [-0.25, -0.2) is 0 Å². The lowest BCUT2D eigenvalue weighted by molar-refractivity contribution is 0.146. The van der Waals surface area contributed by atoms with E-state index in [1.165, 1.54) is 0 Å². The van der Waals surface area contributed by atoms with Crippen LogP contribution < -0.4 is 10.6 Å². The van der Waals surface area contributed by atoms with E-state index < -0.39 is 0 Å². The number of aryl methyl sites for hydroxylation is 1. The first-order chi connectivity index (χ1) is 10.7. The van der Waals surface area contributed by atoms with Crippen LogP contribution in [-0.2, 0) is 17.7 Å². The highest BCUT2D eigenvalue weighted by Gasteiger charge is 2.03. The van der Waals surface area contributed by atoms with Gasteiger partial charge in [-0.05, 0) is 27.2 Å². The van der Waals surface area contributed by atoms with Crippen LogP contribution in [0, 0.1) is 0 Å². The van der Waals surface area contributed by atoms with Gasteiger partial charge in [0.05, 0.1) is 0 Å². The van der Waals surface area contributed by atoms with E-state index in [4.69, 9.17) is 4.74 Å². The molecule has 1 rings (SSSR count). The number of nitrogens with zero attached hydrogens (tertiary/aromatic N) is 4. The van der Waals surface area contributed by atoms with Crippen LogP contribution in [0.5, 0.6) is 0 Å². The minimum absolute atomic E-state index is 0.347. The average Bonchev–Trinajstić information content (AvgIpc) is 2.93. The molecule has 0 fully saturated rings. The number of guanidine groups is 1. The van der Waals surface area contributed by atoms with E-state index in [-0.39, 0.29) is 0 Å². The van der Waals surface area contributed by atoms with Gasteiger partial charge >= 0.3 is 0 Å². The smallest absolute Gasteiger partial charge is 0.191 e. The maximum absolute atomic E-state index is 5.32. The van der Waals surface area contributed by atoms with Crippen LogP contribution >= 0.6 is 0 Å². The van der Waals surface area contributed by atoms with Crippen LogP contribution in [0.4, 0.5) is 0 Å². The van der Waals surface area contributed by atoms with Crippen molar-refractivity contribution in [3.8, 4) is 0 Å². The summed E-state index contributed by atoms with van der Waals surface area (Å²) in [5.74, 6) is 1.85. The summed E-state index contributed by atoms with van der Waals surface area (Å²) in [6.07, 6.45) is 3.60. The largest absolute Gasteiger partial charge is 0.382 e. The number of hydrogen-bond donors (Lipinski definition) is 2. The number of hydrogen-bond acceptors (Lipinski definition) is 4. The molecule has 7 heteroatoms. The zero-order valence-corrected chi connectivity index (χ0v) is 14.3. The Morgan fingerprint density at radius 2 is 2.23 bits per heavy atom. The Morgan fingerprint density at radius 3 is 2.91 bits per heavy atom. The molecule has 0 radical (unpaired) electrons. The van der Waals surface area contributed by atoms with Gasteiger partial charge in [0, 0.05) is 45.3 Å². The number of ether oxygens (including phenoxy) is 1. The van der Waals surface area contributed by atoms with Gasteiger partial charge in [-0.3, -0.25) is 4.99 Å². The molecule has 0 saturated heterocycles. The molecule has 0 amide bonds. The normalized spacial score (nSPS) is 12.0. The first-order valence-electron chi connectivity index (χ1n) is 8.16. The van der Waals surface area contributed by atoms with Crippen molar-refractivity contribution in [2.24, 2.45) is 4.99 Å². The van der Waals surface area contributed by atoms with Crippen molar-refractivity contribution in [2.75, 3.05) is 26.3 Å². The van der Waals surface area contributed by atoms with Crippen molar-refractivity contribution in [2.45, 2.75) is 53.1 Å². The van der Waals surface area contributed by atoms with E-state index in [0.29, 0.717) is 6.04 Å². The minimum Gasteiger partial charge on any atom is -0.382 e. The molecule has 0 bridgehead atoms. The molecule has 7 nitrogen and oxygen atoms in total. The summed E-state index contributed by atoms with van der Waals surface area (Å²) in [6, 6.07) is 0.347. The Bertz CT molecular complexity index is 429. The van der Waals surface area contributed by atoms with Gasteiger partial charge in [0.25, 0.3) is 0 Å². The molecule has 1 aromatic rings. The summed E-state index contributed by atoms with van der Waals surface area (Å²) < 4.78 is 7.39. The van der Waals surface area contributed by atoms with Crippen LogP contribution in [0.15, 0.2) is 11.3 Å². The van der Waals surface area contributed by atoms with Crippen LogP contribution in [0.3, 0.4) is 0 Å². The first kappa shape index (κ1) is 18.4. The molecule has 2 N–H and O–H groups in total. The average molecular weight is 310 g/mol. The van der Waals surface area contributed by atoms with Gasteiger partial charge in [0.2, 0.25) is 0 Å². The lowest BCUT2D eigenvalue weighted by atomic mass is 10.4. The second-order valence-electron chi connectivity index (χ2n) is 5.30. The molecule has 1 aromatic heterocycles. The van der Waals surface area contributed by atoms with Crippen LogP contribution in [0.25, 0.3) is 0 Å². The maximum atomic E-state index is 5.32. The fraction of sp³-hybridized carbons (Fsp3) is 0.800. The molecule has 126 valence electrons. The van der Waals surface area contributed by atoms with Crippen molar-refractivity contribution < 1.29 is 4.74 Å². The predicted molar refractivity (Wildman–Crippen MR) is 89.1 cm³/mol. The van der Waals surface area contributed by atoms with Crippen molar-refractivity contribution in [1.82, 2.24) is 25.4 Å². The lowest BCUT2D eigenvalue weighted by Crippen LogP contribution is -2.42. The zero-order chi connectivity index (χ0) is 16.2. The summed E-state index contributed by atoms with van der Waals surface area (Å²) in [5, 5.41) is 14.7. The van der Waals surface area contributed by atoms with E-state index >= 15 is 0 Å². The molecule has 0 aromatic carbocycles. The van der Waals surface area contributed by atoms with Crippen molar-refractivity contribution in [3.63, 3.8) is 0 Å². The summed E-state index contributed by atoms with van der Waals surface area (Å²) in [6.45, 7) is 12.2. The SMILES string of the molecule is CCOCCCN=C(NCCn1cnnc1CC)NC(C)C. The molecule has 0 unspecified atom stereocenters. The molecule has 0 spiro atoms. The second-order valence-corrected chi connectivity index (χ2v) is 5.30. The van der Waals surface area contributed by atoms with Gasteiger partial charge in [0.15, 0.2) is 5.96 Å². The third kappa shape index (κ3) is 7.40.